The first-order chi connectivity index (χ1) is 13.6. The van der Waals surface area contributed by atoms with Crippen molar-refractivity contribution in [1.82, 2.24) is 15.1 Å². The summed E-state index contributed by atoms with van der Waals surface area (Å²) in [4.78, 5) is 29.8. The predicted octanol–water partition coefficient (Wildman–Crippen LogP) is 3.26. The number of carbonyl (C=O) groups is 2. The zero-order chi connectivity index (χ0) is 19.1. The Kier molecular flexibility index (Phi) is 4.56. The molecule has 5 aliphatic rings. The third-order valence-corrected chi connectivity index (χ3v) is 7.63. The first-order valence-corrected chi connectivity index (χ1v) is 11.0. The van der Waals surface area contributed by atoms with E-state index in [2.05, 4.69) is 10.2 Å². The lowest BCUT2D eigenvalue weighted by molar-refractivity contribution is -0.159. The van der Waals surface area contributed by atoms with E-state index in [0.29, 0.717) is 38.6 Å². The number of piperazine rings is 1. The van der Waals surface area contributed by atoms with E-state index in [1.807, 2.05) is 35.2 Å². The number of urea groups is 1. The van der Waals surface area contributed by atoms with Crippen molar-refractivity contribution in [2.45, 2.75) is 45.1 Å². The average Bonchev–Trinajstić information content (AvgIpc) is 2.71. The van der Waals surface area contributed by atoms with Crippen LogP contribution in [0.3, 0.4) is 0 Å². The number of nitrogens with zero attached hydrogens (tertiary/aromatic N) is 2. The average molecular weight is 382 g/mol. The predicted molar refractivity (Wildman–Crippen MR) is 107 cm³/mol. The molecule has 0 radical (unpaired) electrons. The van der Waals surface area contributed by atoms with E-state index in [1.165, 1.54) is 19.3 Å². The Bertz CT molecular complexity index is 704. The number of rotatable bonds is 3. The minimum absolute atomic E-state index is 0.0224. The minimum atomic E-state index is -0.0630. The van der Waals surface area contributed by atoms with E-state index in [4.69, 9.17) is 0 Å². The van der Waals surface area contributed by atoms with Gasteiger partial charge in [-0.05, 0) is 61.8 Å². The molecule has 3 amide bonds. The van der Waals surface area contributed by atoms with Gasteiger partial charge in [0.05, 0.1) is 5.41 Å². The SMILES string of the molecule is O=C(NCc1ccccc1)N1CCN(C(=O)C23CC4CC(CC(C4)C2)C3)CC1. The van der Waals surface area contributed by atoms with Gasteiger partial charge in [-0.15, -0.1) is 0 Å². The Morgan fingerprint density at radius 2 is 1.39 bits per heavy atom. The first kappa shape index (κ1) is 18.0. The molecule has 6 rings (SSSR count). The van der Waals surface area contributed by atoms with Crippen molar-refractivity contribution in [2.75, 3.05) is 26.2 Å². The maximum absolute atomic E-state index is 13.4. The zero-order valence-electron chi connectivity index (χ0n) is 16.6. The third kappa shape index (κ3) is 3.29. The van der Waals surface area contributed by atoms with Gasteiger partial charge in [-0.2, -0.15) is 0 Å². The van der Waals surface area contributed by atoms with Gasteiger partial charge >= 0.3 is 6.03 Å². The molecule has 4 bridgehead atoms. The Morgan fingerprint density at radius 1 is 0.857 bits per heavy atom. The van der Waals surface area contributed by atoms with Gasteiger partial charge in [0, 0.05) is 32.7 Å². The first-order valence-electron chi connectivity index (χ1n) is 11.0. The molecule has 1 saturated heterocycles. The fourth-order valence-corrected chi connectivity index (χ4v) is 6.71. The van der Waals surface area contributed by atoms with Crippen molar-refractivity contribution < 1.29 is 9.59 Å². The molecule has 0 aromatic heterocycles. The summed E-state index contributed by atoms with van der Waals surface area (Å²) in [5.41, 5.74) is 1.04. The standard InChI is InChI=1S/C23H31N3O2/c27-21(23-13-18-10-19(14-23)12-20(11-18)15-23)25-6-8-26(9-7-25)22(28)24-16-17-4-2-1-3-5-17/h1-5,18-20H,6-16H2,(H,24,28). The molecule has 150 valence electrons. The Labute approximate surface area is 167 Å². The lowest BCUT2D eigenvalue weighted by atomic mass is 9.49. The van der Waals surface area contributed by atoms with Crippen LogP contribution in [-0.4, -0.2) is 47.9 Å². The highest BCUT2D eigenvalue weighted by molar-refractivity contribution is 5.84. The molecular formula is C23H31N3O2. The van der Waals surface area contributed by atoms with Crippen LogP contribution in [-0.2, 0) is 11.3 Å². The lowest BCUT2D eigenvalue weighted by Crippen LogP contribution is -2.59. The zero-order valence-corrected chi connectivity index (χ0v) is 16.6. The second kappa shape index (κ2) is 7.09. The second-order valence-electron chi connectivity index (χ2n) is 9.62. The van der Waals surface area contributed by atoms with Gasteiger partial charge in [0.25, 0.3) is 0 Å². The highest BCUT2D eigenvalue weighted by Crippen LogP contribution is 2.60. The van der Waals surface area contributed by atoms with Gasteiger partial charge in [-0.1, -0.05) is 30.3 Å². The van der Waals surface area contributed by atoms with Crippen molar-refractivity contribution in [3.05, 3.63) is 35.9 Å². The van der Waals surface area contributed by atoms with Crippen molar-refractivity contribution in [1.29, 1.82) is 0 Å². The maximum atomic E-state index is 13.4. The van der Waals surface area contributed by atoms with Gasteiger partial charge in [0.1, 0.15) is 0 Å². The van der Waals surface area contributed by atoms with Crippen LogP contribution >= 0.6 is 0 Å². The Morgan fingerprint density at radius 3 is 1.96 bits per heavy atom. The van der Waals surface area contributed by atoms with Crippen molar-refractivity contribution >= 4 is 11.9 Å². The monoisotopic (exact) mass is 381 g/mol. The molecule has 1 aliphatic heterocycles. The molecule has 1 aromatic rings. The molecule has 5 heteroatoms. The fourth-order valence-electron chi connectivity index (χ4n) is 6.71. The number of benzene rings is 1. The summed E-state index contributed by atoms with van der Waals surface area (Å²) in [6.07, 6.45) is 7.45. The van der Waals surface area contributed by atoms with Crippen LogP contribution in [0, 0.1) is 23.2 Å². The quantitative estimate of drug-likeness (QED) is 0.874. The summed E-state index contributed by atoms with van der Waals surface area (Å²) >= 11 is 0. The molecule has 4 aliphatic carbocycles. The van der Waals surface area contributed by atoms with Crippen LogP contribution in [0.2, 0.25) is 0 Å². The van der Waals surface area contributed by atoms with Crippen LogP contribution < -0.4 is 5.32 Å². The number of amides is 3. The summed E-state index contributed by atoms with van der Waals surface area (Å²) in [6.45, 7) is 3.18. The lowest BCUT2D eigenvalue weighted by Gasteiger charge is -2.57. The molecule has 1 heterocycles. The summed E-state index contributed by atoms with van der Waals surface area (Å²) in [5.74, 6) is 2.77. The van der Waals surface area contributed by atoms with E-state index in [1.54, 1.807) is 0 Å². The minimum Gasteiger partial charge on any atom is -0.339 e. The highest BCUT2D eigenvalue weighted by Gasteiger charge is 2.55. The van der Waals surface area contributed by atoms with Crippen molar-refractivity contribution in [2.24, 2.45) is 23.2 Å². The molecule has 1 N–H and O–H groups in total. The topological polar surface area (TPSA) is 52.7 Å². The van der Waals surface area contributed by atoms with Crippen LogP contribution in [0.1, 0.15) is 44.1 Å². The van der Waals surface area contributed by atoms with E-state index < -0.39 is 0 Å². The molecule has 1 aromatic carbocycles. The summed E-state index contributed by atoms with van der Waals surface area (Å²) in [7, 11) is 0. The van der Waals surface area contributed by atoms with E-state index in [-0.39, 0.29) is 11.4 Å². The largest absolute Gasteiger partial charge is 0.339 e. The summed E-state index contributed by atoms with van der Waals surface area (Å²) < 4.78 is 0. The molecule has 28 heavy (non-hydrogen) atoms. The number of carbonyl (C=O) groups excluding carboxylic acids is 2. The van der Waals surface area contributed by atoms with Gasteiger partial charge in [0.2, 0.25) is 5.91 Å². The molecule has 0 spiro atoms. The smallest absolute Gasteiger partial charge is 0.317 e. The van der Waals surface area contributed by atoms with Crippen LogP contribution in [0.25, 0.3) is 0 Å². The van der Waals surface area contributed by atoms with Crippen LogP contribution in [0.4, 0.5) is 4.79 Å². The van der Waals surface area contributed by atoms with Gasteiger partial charge in [-0.3, -0.25) is 4.79 Å². The number of hydrogen-bond acceptors (Lipinski definition) is 2. The molecule has 5 fully saturated rings. The second-order valence-corrected chi connectivity index (χ2v) is 9.62. The van der Waals surface area contributed by atoms with Crippen LogP contribution in [0.15, 0.2) is 30.3 Å². The third-order valence-electron chi connectivity index (χ3n) is 7.63. The molecule has 5 nitrogen and oxygen atoms in total. The molecular weight excluding hydrogens is 350 g/mol. The maximum Gasteiger partial charge on any atom is 0.317 e. The summed E-state index contributed by atoms with van der Waals surface area (Å²) in [5, 5.41) is 3.00. The molecule has 4 saturated carbocycles. The van der Waals surface area contributed by atoms with Gasteiger partial charge in [-0.25, -0.2) is 4.79 Å². The van der Waals surface area contributed by atoms with Gasteiger partial charge in [0.15, 0.2) is 0 Å². The number of hydrogen-bond donors (Lipinski definition) is 1. The number of nitrogens with one attached hydrogen (secondary N) is 1. The highest BCUT2D eigenvalue weighted by atomic mass is 16.2. The fraction of sp³-hybridized carbons (Fsp3) is 0.652. The normalized spacial score (nSPS) is 33.8. The summed E-state index contributed by atoms with van der Waals surface area (Å²) in [6, 6.07) is 9.95. The van der Waals surface area contributed by atoms with Crippen LogP contribution in [0.5, 0.6) is 0 Å². The Balaban J connectivity index is 1.15. The van der Waals surface area contributed by atoms with Crippen molar-refractivity contribution in [3.8, 4) is 0 Å². The van der Waals surface area contributed by atoms with Crippen molar-refractivity contribution in [3.63, 3.8) is 0 Å². The Hall–Kier alpha value is -2.04. The van der Waals surface area contributed by atoms with Gasteiger partial charge < -0.3 is 15.1 Å². The molecule has 0 unspecified atom stereocenters. The van der Waals surface area contributed by atoms with E-state index in [0.717, 1.165) is 42.6 Å². The van der Waals surface area contributed by atoms with E-state index in [9.17, 15) is 9.59 Å². The van der Waals surface area contributed by atoms with E-state index >= 15 is 0 Å². The molecule has 0 atom stereocenters.